The predicted molar refractivity (Wildman–Crippen MR) is 46.3 cm³/mol. The van der Waals surface area contributed by atoms with Crippen LogP contribution >= 0.6 is 0 Å². The fourth-order valence-electron chi connectivity index (χ4n) is 1.17. The van der Waals surface area contributed by atoms with Crippen molar-refractivity contribution in [3.8, 4) is 0 Å². The normalized spacial score (nSPS) is 18.7. The van der Waals surface area contributed by atoms with Gasteiger partial charge in [-0.15, -0.1) is 5.06 Å². The fourth-order valence-corrected chi connectivity index (χ4v) is 1.17. The first-order chi connectivity index (χ1) is 6.22. The Balaban J connectivity index is 2.47. The van der Waals surface area contributed by atoms with Crippen LogP contribution in [0, 0.1) is 0 Å². The molecule has 13 heavy (non-hydrogen) atoms. The summed E-state index contributed by atoms with van der Waals surface area (Å²) in [5.41, 5.74) is 0.843. The molecule has 0 saturated carbocycles. The number of nitrogens with zero attached hydrogens (tertiary/aromatic N) is 2. The van der Waals surface area contributed by atoms with Crippen molar-refractivity contribution < 1.29 is 14.8 Å². The lowest BCUT2D eigenvalue weighted by Crippen LogP contribution is -2.32. The highest BCUT2D eigenvalue weighted by Gasteiger charge is 2.13. The maximum atomic E-state index is 10.6. The summed E-state index contributed by atoms with van der Waals surface area (Å²) >= 11 is 0. The summed E-state index contributed by atoms with van der Waals surface area (Å²) < 4.78 is 0. The van der Waals surface area contributed by atoms with Crippen molar-refractivity contribution >= 4 is 12.2 Å². The zero-order chi connectivity index (χ0) is 9.68. The SMILES string of the molecule is CC(=O)ON1CCC=C(/C=N/O)C1. The lowest BCUT2D eigenvalue weighted by atomic mass is 10.2. The van der Waals surface area contributed by atoms with Crippen LogP contribution in [0.5, 0.6) is 0 Å². The van der Waals surface area contributed by atoms with Gasteiger partial charge in [-0.2, -0.15) is 0 Å². The molecule has 1 aliphatic heterocycles. The van der Waals surface area contributed by atoms with E-state index in [-0.39, 0.29) is 5.97 Å². The molecule has 0 saturated heterocycles. The van der Waals surface area contributed by atoms with Crippen LogP contribution < -0.4 is 0 Å². The van der Waals surface area contributed by atoms with E-state index >= 15 is 0 Å². The van der Waals surface area contributed by atoms with Gasteiger partial charge in [-0.05, 0) is 12.0 Å². The summed E-state index contributed by atoms with van der Waals surface area (Å²) in [5.74, 6) is -0.331. The minimum absolute atomic E-state index is 0.331. The van der Waals surface area contributed by atoms with Crippen LogP contribution in [0.4, 0.5) is 0 Å². The molecule has 5 nitrogen and oxygen atoms in total. The molecule has 0 unspecified atom stereocenters. The quantitative estimate of drug-likeness (QED) is 0.387. The third-order valence-electron chi connectivity index (χ3n) is 1.63. The van der Waals surface area contributed by atoms with Crippen LogP contribution in [-0.2, 0) is 9.63 Å². The van der Waals surface area contributed by atoms with Gasteiger partial charge in [-0.3, -0.25) is 4.79 Å². The summed E-state index contributed by atoms with van der Waals surface area (Å²) in [4.78, 5) is 15.5. The van der Waals surface area contributed by atoms with E-state index in [1.54, 1.807) is 5.06 Å². The molecule has 0 spiro atoms. The van der Waals surface area contributed by atoms with Crippen LogP contribution in [0.25, 0.3) is 0 Å². The number of rotatable bonds is 2. The third-order valence-corrected chi connectivity index (χ3v) is 1.63. The number of hydrogen-bond donors (Lipinski definition) is 1. The molecule has 0 bridgehead atoms. The predicted octanol–water partition coefficient (Wildman–Crippen LogP) is 0.557. The molecular weight excluding hydrogens is 172 g/mol. The van der Waals surface area contributed by atoms with E-state index in [1.807, 2.05) is 6.08 Å². The second-order valence-corrected chi connectivity index (χ2v) is 2.76. The first-order valence-electron chi connectivity index (χ1n) is 4.02. The van der Waals surface area contributed by atoms with Gasteiger partial charge in [0.25, 0.3) is 0 Å². The lowest BCUT2D eigenvalue weighted by Gasteiger charge is -2.23. The van der Waals surface area contributed by atoms with Gasteiger partial charge in [0.15, 0.2) is 0 Å². The lowest BCUT2D eigenvalue weighted by molar-refractivity contribution is -0.186. The average molecular weight is 184 g/mol. The fraction of sp³-hybridized carbons (Fsp3) is 0.500. The van der Waals surface area contributed by atoms with Crippen molar-refractivity contribution in [3.63, 3.8) is 0 Å². The number of hydroxylamine groups is 2. The Bertz CT molecular complexity index is 248. The zero-order valence-corrected chi connectivity index (χ0v) is 7.43. The van der Waals surface area contributed by atoms with E-state index < -0.39 is 0 Å². The molecule has 0 aromatic heterocycles. The van der Waals surface area contributed by atoms with Gasteiger partial charge in [-0.1, -0.05) is 11.2 Å². The molecule has 72 valence electrons. The van der Waals surface area contributed by atoms with Gasteiger partial charge in [0.05, 0.1) is 12.8 Å². The second kappa shape index (κ2) is 4.61. The Morgan fingerprint density at radius 1 is 1.85 bits per heavy atom. The van der Waals surface area contributed by atoms with Crippen molar-refractivity contribution in [2.75, 3.05) is 13.1 Å². The van der Waals surface area contributed by atoms with Gasteiger partial charge in [-0.25, -0.2) is 0 Å². The number of oxime groups is 1. The van der Waals surface area contributed by atoms with Crippen LogP contribution in [0.2, 0.25) is 0 Å². The van der Waals surface area contributed by atoms with Crippen LogP contribution in [-0.4, -0.2) is 35.5 Å². The molecule has 1 rings (SSSR count). The van der Waals surface area contributed by atoms with E-state index in [4.69, 9.17) is 10.0 Å². The molecule has 0 atom stereocenters. The Labute approximate surface area is 76.2 Å². The van der Waals surface area contributed by atoms with Crippen LogP contribution in [0.3, 0.4) is 0 Å². The summed E-state index contributed by atoms with van der Waals surface area (Å²) in [7, 11) is 0. The maximum Gasteiger partial charge on any atom is 0.322 e. The monoisotopic (exact) mass is 184 g/mol. The Morgan fingerprint density at radius 2 is 2.62 bits per heavy atom. The smallest absolute Gasteiger partial charge is 0.322 e. The summed E-state index contributed by atoms with van der Waals surface area (Å²) in [5, 5.41) is 12.7. The molecule has 5 heteroatoms. The van der Waals surface area contributed by atoms with Crippen LogP contribution in [0.15, 0.2) is 16.8 Å². The van der Waals surface area contributed by atoms with Gasteiger partial charge in [0.1, 0.15) is 0 Å². The minimum atomic E-state index is -0.331. The van der Waals surface area contributed by atoms with Crippen LogP contribution in [0.1, 0.15) is 13.3 Å². The van der Waals surface area contributed by atoms with E-state index in [0.717, 1.165) is 12.0 Å². The van der Waals surface area contributed by atoms with Crippen molar-refractivity contribution in [3.05, 3.63) is 11.6 Å². The second-order valence-electron chi connectivity index (χ2n) is 2.76. The molecule has 0 aromatic rings. The molecule has 1 N–H and O–H groups in total. The standard InChI is InChI=1S/C8H12N2O3/c1-7(11)13-10-4-2-3-8(6-10)5-9-12/h3,5,12H,2,4,6H2,1H3/b9-5+. The summed E-state index contributed by atoms with van der Waals surface area (Å²) in [6, 6.07) is 0. The Kier molecular flexibility index (Phi) is 3.45. The number of hydrogen-bond acceptors (Lipinski definition) is 5. The van der Waals surface area contributed by atoms with Gasteiger partial charge >= 0.3 is 5.97 Å². The van der Waals surface area contributed by atoms with E-state index in [0.29, 0.717) is 13.1 Å². The van der Waals surface area contributed by atoms with Crippen molar-refractivity contribution in [2.45, 2.75) is 13.3 Å². The van der Waals surface area contributed by atoms with E-state index in [9.17, 15) is 4.79 Å². The zero-order valence-electron chi connectivity index (χ0n) is 7.43. The number of carbonyl (C=O) groups is 1. The summed E-state index contributed by atoms with van der Waals surface area (Å²) in [6.07, 6.45) is 4.07. The highest BCUT2D eigenvalue weighted by atomic mass is 16.7. The first kappa shape index (κ1) is 9.73. The molecule has 0 aliphatic carbocycles. The third kappa shape index (κ3) is 3.25. The minimum Gasteiger partial charge on any atom is -0.411 e. The molecule has 0 fully saturated rings. The van der Waals surface area contributed by atoms with E-state index in [1.165, 1.54) is 13.1 Å². The highest BCUT2D eigenvalue weighted by molar-refractivity contribution is 5.78. The van der Waals surface area contributed by atoms with Crippen molar-refractivity contribution in [2.24, 2.45) is 5.16 Å². The molecule has 1 heterocycles. The van der Waals surface area contributed by atoms with Gasteiger partial charge < -0.3 is 10.0 Å². The molecule has 0 radical (unpaired) electrons. The molecular formula is C8H12N2O3. The first-order valence-corrected chi connectivity index (χ1v) is 4.02. The highest BCUT2D eigenvalue weighted by Crippen LogP contribution is 2.08. The van der Waals surface area contributed by atoms with Crippen molar-refractivity contribution in [1.82, 2.24) is 5.06 Å². The Morgan fingerprint density at radius 3 is 3.23 bits per heavy atom. The number of carbonyl (C=O) groups excluding carboxylic acids is 1. The van der Waals surface area contributed by atoms with Gasteiger partial charge in [0.2, 0.25) is 0 Å². The maximum absolute atomic E-state index is 10.6. The average Bonchev–Trinajstić information content (AvgIpc) is 2.04. The summed E-state index contributed by atoms with van der Waals surface area (Å²) in [6.45, 7) is 2.52. The Hall–Kier alpha value is -1.36. The topological polar surface area (TPSA) is 62.1 Å². The largest absolute Gasteiger partial charge is 0.411 e. The molecule has 1 aliphatic rings. The molecule has 0 aromatic carbocycles. The molecule has 0 amide bonds. The van der Waals surface area contributed by atoms with E-state index in [2.05, 4.69) is 5.16 Å². The van der Waals surface area contributed by atoms with Crippen molar-refractivity contribution in [1.29, 1.82) is 0 Å². The van der Waals surface area contributed by atoms with Gasteiger partial charge in [0, 0.05) is 13.5 Å².